The molecule has 0 saturated carbocycles. The molecule has 0 bridgehead atoms. The fraction of sp³-hybridized carbons (Fsp3) is 0.143. The van der Waals surface area contributed by atoms with Crippen molar-refractivity contribution in [3.63, 3.8) is 0 Å². The lowest BCUT2D eigenvalue weighted by Gasteiger charge is -2.29. The molecule has 3 rings (SSSR count). The molecule has 0 aliphatic rings. The van der Waals surface area contributed by atoms with Gasteiger partial charge >= 0.3 is 6.16 Å². The summed E-state index contributed by atoms with van der Waals surface area (Å²) < 4.78 is 5.09. The van der Waals surface area contributed by atoms with Crippen LogP contribution in [0.3, 0.4) is 0 Å². The SMILES string of the molecule is CC(C)N(C(=S)c1ccc(Cl)cc1Cl)c1cc(-c2ccccc2)sc1OC(=O)O. The number of thiophene rings is 1. The van der Waals surface area contributed by atoms with Crippen molar-refractivity contribution in [2.24, 2.45) is 0 Å². The molecule has 0 spiro atoms. The number of carbonyl (C=O) groups is 1. The van der Waals surface area contributed by atoms with Crippen LogP contribution in [-0.2, 0) is 0 Å². The standard InChI is InChI=1S/C21H17Cl2NO3S2/c1-12(2)24(19(28)15-9-8-14(22)10-16(15)23)17-11-18(13-6-4-3-5-7-13)29-20(17)27-21(25)26/h3-12H,1-2H3,(H,25,26). The minimum Gasteiger partial charge on any atom is -0.449 e. The van der Waals surface area contributed by atoms with Gasteiger partial charge in [-0.2, -0.15) is 0 Å². The molecule has 0 aliphatic carbocycles. The van der Waals surface area contributed by atoms with E-state index < -0.39 is 6.16 Å². The van der Waals surface area contributed by atoms with Gasteiger partial charge in [-0.25, -0.2) is 4.79 Å². The molecular weight excluding hydrogens is 449 g/mol. The van der Waals surface area contributed by atoms with Gasteiger partial charge in [-0.05, 0) is 43.7 Å². The van der Waals surface area contributed by atoms with Gasteiger partial charge in [-0.3, -0.25) is 0 Å². The number of rotatable bonds is 5. The Balaban J connectivity index is 2.11. The van der Waals surface area contributed by atoms with Crippen LogP contribution in [0, 0.1) is 0 Å². The molecule has 1 N–H and O–H groups in total. The van der Waals surface area contributed by atoms with Crippen LogP contribution in [0.1, 0.15) is 19.4 Å². The second-order valence-electron chi connectivity index (χ2n) is 6.41. The average molecular weight is 466 g/mol. The van der Waals surface area contributed by atoms with Crippen molar-refractivity contribution in [2.75, 3.05) is 4.90 Å². The monoisotopic (exact) mass is 465 g/mol. The van der Waals surface area contributed by atoms with Crippen LogP contribution >= 0.6 is 46.8 Å². The highest BCUT2D eigenvalue weighted by Gasteiger charge is 2.26. The van der Waals surface area contributed by atoms with Gasteiger partial charge in [0.2, 0.25) is 5.06 Å². The third kappa shape index (κ3) is 4.90. The van der Waals surface area contributed by atoms with Crippen LogP contribution in [-0.4, -0.2) is 22.3 Å². The predicted molar refractivity (Wildman–Crippen MR) is 124 cm³/mol. The van der Waals surface area contributed by atoms with E-state index in [1.165, 1.54) is 11.3 Å². The van der Waals surface area contributed by atoms with E-state index in [1.54, 1.807) is 18.2 Å². The van der Waals surface area contributed by atoms with Crippen LogP contribution in [0.15, 0.2) is 54.6 Å². The first-order chi connectivity index (χ1) is 13.8. The van der Waals surface area contributed by atoms with E-state index in [1.807, 2.05) is 55.1 Å². The molecule has 150 valence electrons. The largest absolute Gasteiger partial charge is 0.512 e. The van der Waals surface area contributed by atoms with Crippen molar-refractivity contribution < 1.29 is 14.6 Å². The van der Waals surface area contributed by atoms with Gasteiger partial charge in [-0.15, -0.1) is 0 Å². The highest BCUT2D eigenvalue weighted by Crippen LogP contribution is 2.44. The zero-order valence-corrected chi connectivity index (χ0v) is 18.7. The number of ether oxygens (including phenoxy) is 1. The molecule has 0 fully saturated rings. The molecule has 29 heavy (non-hydrogen) atoms. The minimum atomic E-state index is -1.38. The summed E-state index contributed by atoms with van der Waals surface area (Å²) in [6, 6.07) is 16.6. The number of benzene rings is 2. The number of hydrogen-bond donors (Lipinski definition) is 1. The summed E-state index contributed by atoms with van der Waals surface area (Å²) in [5.74, 6) is 0. The van der Waals surface area contributed by atoms with Gasteiger partial charge in [0.1, 0.15) is 4.99 Å². The van der Waals surface area contributed by atoms with E-state index in [9.17, 15) is 9.90 Å². The van der Waals surface area contributed by atoms with Crippen molar-refractivity contribution >= 4 is 63.6 Å². The molecule has 3 aromatic rings. The van der Waals surface area contributed by atoms with Gasteiger partial charge in [0.25, 0.3) is 0 Å². The fourth-order valence-corrected chi connectivity index (χ4v) is 4.88. The quantitative estimate of drug-likeness (QED) is 0.314. The molecular formula is C21H17Cl2NO3S2. The molecule has 8 heteroatoms. The smallest absolute Gasteiger partial charge is 0.449 e. The Kier molecular flexibility index (Phi) is 6.80. The third-order valence-electron chi connectivity index (χ3n) is 4.07. The lowest BCUT2D eigenvalue weighted by Crippen LogP contribution is -2.36. The Morgan fingerprint density at radius 3 is 2.41 bits per heavy atom. The minimum absolute atomic E-state index is 0.0800. The second-order valence-corrected chi connectivity index (χ2v) is 8.66. The number of carboxylic acid groups (broad SMARTS) is 1. The van der Waals surface area contributed by atoms with Crippen LogP contribution in [0.2, 0.25) is 10.0 Å². The molecule has 0 saturated heterocycles. The maximum Gasteiger partial charge on any atom is 0.512 e. The number of anilines is 1. The molecule has 0 aliphatic heterocycles. The normalized spacial score (nSPS) is 10.8. The van der Waals surface area contributed by atoms with Crippen molar-refractivity contribution in [3.8, 4) is 15.5 Å². The van der Waals surface area contributed by atoms with E-state index in [0.29, 0.717) is 26.3 Å². The van der Waals surface area contributed by atoms with Gasteiger partial charge in [0.05, 0.1) is 10.7 Å². The summed E-state index contributed by atoms with van der Waals surface area (Å²) in [7, 11) is 0. The Morgan fingerprint density at radius 2 is 1.83 bits per heavy atom. The average Bonchev–Trinajstić information content (AvgIpc) is 3.05. The van der Waals surface area contributed by atoms with E-state index in [0.717, 1.165) is 10.4 Å². The van der Waals surface area contributed by atoms with E-state index in [-0.39, 0.29) is 11.1 Å². The van der Waals surface area contributed by atoms with Crippen LogP contribution in [0.4, 0.5) is 10.5 Å². The van der Waals surface area contributed by atoms with E-state index in [4.69, 9.17) is 40.2 Å². The Morgan fingerprint density at radius 1 is 1.14 bits per heavy atom. The van der Waals surface area contributed by atoms with Gasteiger partial charge in [0.15, 0.2) is 0 Å². The summed E-state index contributed by atoms with van der Waals surface area (Å²) in [5, 5.41) is 10.4. The van der Waals surface area contributed by atoms with Crippen LogP contribution in [0.25, 0.3) is 10.4 Å². The van der Waals surface area contributed by atoms with E-state index in [2.05, 4.69) is 0 Å². The number of thiocarbonyl (C=S) groups is 1. The molecule has 0 unspecified atom stereocenters. The summed E-state index contributed by atoms with van der Waals surface area (Å²) >= 11 is 19.4. The Bertz CT molecular complexity index is 1050. The zero-order chi connectivity index (χ0) is 21.1. The number of hydrogen-bond acceptors (Lipinski definition) is 4. The molecule has 0 amide bonds. The van der Waals surface area contributed by atoms with Gasteiger partial charge in [-0.1, -0.05) is 77.1 Å². The number of halogens is 2. The van der Waals surface area contributed by atoms with Gasteiger partial charge in [0, 0.05) is 21.5 Å². The first-order valence-corrected chi connectivity index (χ1v) is 10.6. The third-order valence-corrected chi connectivity index (χ3v) is 6.09. The molecule has 1 aromatic heterocycles. The molecule has 1 heterocycles. The summed E-state index contributed by atoms with van der Waals surface area (Å²) in [6.07, 6.45) is -1.38. The highest BCUT2D eigenvalue weighted by molar-refractivity contribution is 7.81. The molecule has 4 nitrogen and oxygen atoms in total. The summed E-state index contributed by atoms with van der Waals surface area (Å²) in [4.78, 5) is 14.4. The summed E-state index contributed by atoms with van der Waals surface area (Å²) in [5.41, 5.74) is 2.16. The first-order valence-electron chi connectivity index (χ1n) is 8.66. The zero-order valence-electron chi connectivity index (χ0n) is 15.6. The summed E-state index contributed by atoms with van der Waals surface area (Å²) in [6.45, 7) is 3.92. The van der Waals surface area contributed by atoms with Crippen molar-refractivity contribution in [1.82, 2.24) is 0 Å². The fourth-order valence-electron chi connectivity index (χ4n) is 2.84. The lowest BCUT2D eigenvalue weighted by molar-refractivity contribution is 0.146. The lowest BCUT2D eigenvalue weighted by atomic mass is 10.1. The van der Waals surface area contributed by atoms with Crippen molar-refractivity contribution in [3.05, 3.63) is 70.2 Å². The Hall–Kier alpha value is -2.12. The molecule has 0 atom stereocenters. The maximum absolute atomic E-state index is 11.3. The maximum atomic E-state index is 11.3. The first kappa shape index (κ1) is 21.6. The highest BCUT2D eigenvalue weighted by atomic mass is 35.5. The predicted octanol–water partition coefficient (Wildman–Crippen LogP) is 7.37. The van der Waals surface area contributed by atoms with Gasteiger partial charge < -0.3 is 14.7 Å². The van der Waals surface area contributed by atoms with Crippen LogP contribution in [0.5, 0.6) is 5.06 Å². The van der Waals surface area contributed by atoms with Crippen molar-refractivity contribution in [2.45, 2.75) is 19.9 Å². The van der Waals surface area contributed by atoms with E-state index >= 15 is 0 Å². The van der Waals surface area contributed by atoms with Crippen LogP contribution < -0.4 is 9.64 Å². The van der Waals surface area contributed by atoms with Crippen molar-refractivity contribution in [1.29, 1.82) is 0 Å². The Labute approximate surface area is 188 Å². The molecule has 0 radical (unpaired) electrons. The topological polar surface area (TPSA) is 49.8 Å². The number of nitrogens with zero attached hydrogens (tertiary/aromatic N) is 1. The molecule has 2 aromatic carbocycles. The second kappa shape index (κ2) is 9.13.